The van der Waals surface area contributed by atoms with Crippen molar-refractivity contribution in [3.05, 3.63) is 0 Å². The van der Waals surface area contributed by atoms with E-state index in [4.69, 9.17) is 0 Å². The molecule has 0 saturated heterocycles. The second-order valence-corrected chi connectivity index (χ2v) is 5.10. The van der Waals surface area contributed by atoms with Crippen molar-refractivity contribution in [1.29, 1.82) is 0 Å². The van der Waals surface area contributed by atoms with E-state index in [0.29, 0.717) is 0 Å². The van der Waals surface area contributed by atoms with Crippen LogP contribution in [0.25, 0.3) is 0 Å². The van der Waals surface area contributed by atoms with Crippen molar-refractivity contribution in [1.82, 2.24) is 10.6 Å². The van der Waals surface area contributed by atoms with E-state index in [0.717, 1.165) is 19.1 Å². The molecule has 0 aromatic rings. The minimum atomic E-state index is 0.861. The molecule has 0 atom stereocenters. The molecule has 0 aliphatic heterocycles. The summed E-state index contributed by atoms with van der Waals surface area (Å²) in [6.07, 6.45) is 12.7. The molecule has 2 nitrogen and oxygen atoms in total. The van der Waals surface area contributed by atoms with Gasteiger partial charge in [-0.1, -0.05) is 45.4 Å². The highest BCUT2D eigenvalue weighted by Gasteiger charge is 2.19. The first-order chi connectivity index (χ1) is 7.93. The third-order valence-electron chi connectivity index (χ3n) is 3.27. The van der Waals surface area contributed by atoms with Crippen molar-refractivity contribution in [3.63, 3.8) is 0 Å². The van der Waals surface area contributed by atoms with Crippen molar-refractivity contribution in [3.8, 4) is 0 Å². The Labute approximate surface area is 102 Å². The Balaban J connectivity index is 1.61. The van der Waals surface area contributed by atoms with Crippen LogP contribution in [-0.2, 0) is 0 Å². The SMILES string of the molecule is CCCCCCCCCNCCNC1CC1. The molecule has 96 valence electrons. The molecule has 1 fully saturated rings. The summed E-state index contributed by atoms with van der Waals surface area (Å²) in [6.45, 7) is 5.78. The topological polar surface area (TPSA) is 24.1 Å². The maximum absolute atomic E-state index is 3.52. The van der Waals surface area contributed by atoms with Crippen LogP contribution in [0.2, 0.25) is 0 Å². The second kappa shape index (κ2) is 10.1. The van der Waals surface area contributed by atoms with Gasteiger partial charge in [-0.15, -0.1) is 0 Å². The molecule has 0 amide bonds. The maximum Gasteiger partial charge on any atom is 0.00793 e. The van der Waals surface area contributed by atoms with Crippen LogP contribution in [0.1, 0.15) is 64.7 Å². The fourth-order valence-corrected chi connectivity index (χ4v) is 1.98. The van der Waals surface area contributed by atoms with E-state index >= 15 is 0 Å². The molecule has 0 radical (unpaired) electrons. The highest BCUT2D eigenvalue weighted by molar-refractivity contribution is 4.80. The molecule has 1 aliphatic carbocycles. The van der Waals surface area contributed by atoms with Gasteiger partial charge >= 0.3 is 0 Å². The summed E-state index contributed by atoms with van der Waals surface area (Å²) < 4.78 is 0. The average Bonchev–Trinajstić information content (AvgIpc) is 3.10. The molecule has 1 saturated carbocycles. The van der Waals surface area contributed by atoms with Crippen molar-refractivity contribution in [2.24, 2.45) is 0 Å². The minimum absolute atomic E-state index is 0.861. The van der Waals surface area contributed by atoms with Gasteiger partial charge in [-0.3, -0.25) is 0 Å². The second-order valence-electron chi connectivity index (χ2n) is 5.10. The van der Waals surface area contributed by atoms with E-state index in [2.05, 4.69) is 17.6 Å². The molecule has 0 bridgehead atoms. The first-order valence-electron chi connectivity index (χ1n) is 7.37. The van der Waals surface area contributed by atoms with Gasteiger partial charge in [-0.2, -0.15) is 0 Å². The van der Waals surface area contributed by atoms with Gasteiger partial charge in [0, 0.05) is 19.1 Å². The van der Waals surface area contributed by atoms with Crippen LogP contribution in [0.3, 0.4) is 0 Å². The highest BCUT2D eigenvalue weighted by Crippen LogP contribution is 2.17. The van der Waals surface area contributed by atoms with E-state index in [1.807, 2.05) is 0 Å². The van der Waals surface area contributed by atoms with Crippen molar-refractivity contribution in [2.45, 2.75) is 70.8 Å². The molecule has 0 spiro atoms. The smallest absolute Gasteiger partial charge is 0.00793 e. The Bertz CT molecular complexity index is 144. The van der Waals surface area contributed by atoms with Gasteiger partial charge in [0.1, 0.15) is 0 Å². The average molecular weight is 226 g/mol. The standard InChI is InChI=1S/C14H30N2/c1-2-3-4-5-6-7-8-11-15-12-13-16-14-9-10-14/h14-16H,2-13H2,1H3. The monoisotopic (exact) mass is 226 g/mol. The Hall–Kier alpha value is -0.0800. The van der Waals surface area contributed by atoms with E-state index in [1.54, 1.807) is 0 Å². The zero-order chi connectivity index (χ0) is 11.5. The number of unbranched alkanes of at least 4 members (excludes halogenated alkanes) is 6. The van der Waals surface area contributed by atoms with Crippen LogP contribution < -0.4 is 10.6 Å². The largest absolute Gasteiger partial charge is 0.315 e. The fourth-order valence-electron chi connectivity index (χ4n) is 1.98. The van der Waals surface area contributed by atoms with Crippen molar-refractivity contribution >= 4 is 0 Å². The molecule has 2 heteroatoms. The van der Waals surface area contributed by atoms with Crippen LogP contribution in [0.5, 0.6) is 0 Å². The van der Waals surface area contributed by atoms with Crippen LogP contribution in [0.15, 0.2) is 0 Å². The zero-order valence-electron chi connectivity index (χ0n) is 11.1. The molecule has 2 N–H and O–H groups in total. The highest BCUT2D eigenvalue weighted by atomic mass is 15.0. The van der Waals surface area contributed by atoms with E-state index < -0.39 is 0 Å². The van der Waals surface area contributed by atoms with Crippen LogP contribution >= 0.6 is 0 Å². The Kier molecular flexibility index (Phi) is 8.83. The maximum atomic E-state index is 3.52. The molecule has 16 heavy (non-hydrogen) atoms. The summed E-state index contributed by atoms with van der Waals surface area (Å²) in [5.41, 5.74) is 0. The molecule has 1 rings (SSSR count). The van der Waals surface area contributed by atoms with Crippen LogP contribution in [0.4, 0.5) is 0 Å². The molecule has 0 aromatic heterocycles. The summed E-state index contributed by atoms with van der Waals surface area (Å²) >= 11 is 0. The molecule has 0 aromatic carbocycles. The Morgan fingerprint density at radius 3 is 2.19 bits per heavy atom. The van der Waals surface area contributed by atoms with Gasteiger partial charge < -0.3 is 10.6 Å². The lowest BCUT2D eigenvalue weighted by molar-refractivity contribution is 0.551. The van der Waals surface area contributed by atoms with E-state index in [9.17, 15) is 0 Å². The lowest BCUT2D eigenvalue weighted by atomic mass is 10.1. The Morgan fingerprint density at radius 1 is 0.812 bits per heavy atom. The number of nitrogens with one attached hydrogen (secondary N) is 2. The summed E-state index contributed by atoms with van der Waals surface area (Å²) in [4.78, 5) is 0. The molecule has 0 unspecified atom stereocenters. The number of rotatable bonds is 12. The summed E-state index contributed by atoms with van der Waals surface area (Å²) in [5, 5.41) is 7.03. The first-order valence-corrected chi connectivity index (χ1v) is 7.37. The van der Waals surface area contributed by atoms with E-state index in [-0.39, 0.29) is 0 Å². The fraction of sp³-hybridized carbons (Fsp3) is 1.00. The minimum Gasteiger partial charge on any atom is -0.315 e. The van der Waals surface area contributed by atoms with Gasteiger partial charge in [0.25, 0.3) is 0 Å². The third-order valence-corrected chi connectivity index (χ3v) is 3.27. The zero-order valence-corrected chi connectivity index (χ0v) is 11.1. The van der Waals surface area contributed by atoms with Crippen LogP contribution in [-0.4, -0.2) is 25.7 Å². The van der Waals surface area contributed by atoms with Crippen LogP contribution in [0, 0.1) is 0 Å². The summed E-state index contributed by atoms with van der Waals surface area (Å²) in [7, 11) is 0. The third kappa shape index (κ3) is 9.17. The summed E-state index contributed by atoms with van der Waals surface area (Å²) in [6, 6.07) is 0.861. The number of hydrogen-bond acceptors (Lipinski definition) is 2. The predicted octanol–water partition coefficient (Wildman–Crippen LogP) is 3.08. The normalized spacial score (nSPS) is 15.6. The predicted molar refractivity (Wildman–Crippen MR) is 71.9 cm³/mol. The van der Waals surface area contributed by atoms with Crippen molar-refractivity contribution in [2.75, 3.05) is 19.6 Å². The Morgan fingerprint density at radius 2 is 1.50 bits per heavy atom. The molecular formula is C14H30N2. The lowest BCUT2D eigenvalue weighted by Gasteiger charge is -2.05. The van der Waals surface area contributed by atoms with E-state index in [1.165, 1.54) is 64.3 Å². The van der Waals surface area contributed by atoms with Gasteiger partial charge in [-0.25, -0.2) is 0 Å². The van der Waals surface area contributed by atoms with Gasteiger partial charge in [0.05, 0.1) is 0 Å². The first kappa shape index (κ1) is 14.0. The van der Waals surface area contributed by atoms with Gasteiger partial charge in [-0.05, 0) is 25.8 Å². The quantitative estimate of drug-likeness (QED) is 0.500. The molecule has 1 aliphatic rings. The summed E-state index contributed by atoms with van der Waals surface area (Å²) in [5.74, 6) is 0. The van der Waals surface area contributed by atoms with Gasteiger partial charge in [0.15, 0.2) is 0 Å². The number of hydrogen-bond donors (Lipinski definition) is 2. The van der Waals surface area contributed by atoms with Gasteiger partial charge in [0.2, 0.25) is 0 Å². The molecule has 0 heterocycles. The molecular weight excluding hydrogens is 196 g/mol. The lowest BCUT2D eigenvalue weighted by Crippen LogP contribution is -2.29. The van der Waals surface area contributed by atoms with Crippen molar-refractivity contribution < 1.29 is 0 Å².